The zero-order valence-electron chi connectivity index (χ0n) is 15.5. The minimum Gasteiger partial charge on any atom is -0.356 e. The van der Waals surface area contributed by atoms with Crippen LogP contribution in [-0.2, 0) is 16.0 Å². The topological polar surface area (TPSA) is 66.7 Å². The zero-order chi connectivity index (χ0) is 18.4. The van der Waals surface area contributed by atoms with E-state index < -0.39 is 0 Å². The zero-order valence-corrected chi connectivity index (χ0v) is 15.5. The number of hydrogen-bond acceptors (Lipinski definition) is 3. The number of pyridine rings is 1. The van der Waals surface area contributed by atoms with Crippen molar-refractivity contribution in [3.05, 3.63) is 36.3 Å². The van der Waals surface area contributed by atoms with Crippen LogP contribution < -0.4 is 5.32 Å². The highest BCUT2D eigenvalue weighted by atomic mass is 16.2. The molecule has 0 bridgehead atoms. The van der Waals surface area contributed by atoms with Crippen LogP contribution in [0.5, 0.6) is 0 Å². The monoisotopic (exact) mass is 356 g/mol. The largest absolute Gasteiger partial charge is 0.356 e. The molecule has 1 N–H and O–H groups in total. The number of nitrogens with zero attached hydrogens (tertiary/aromatic N) is 3. The quantitative estimate of drug-likeness (QED) is 0.775. The highest BCUT2D eigenvalue weighted by Gasteiger charge is 2.27. The highest BCUT2D eigenvalue weighted by molar-refractivity contribution is 5.81. The minimum absolute atomic E-state index is 0.0378. The number of carbonyl (C=O) groups is 2. The van der Waals surface area contributed by atoms with Gasteiger partial charge in [0.15, 0.2) is 0 Å². The summed E-state index contributed by atoms with van der Waals surface area (Å²) in [6, 6.07) is 5.81. The van der Waals surface area contributed by atoms with E-state index in [0.29, 0.717) is 19.5 Å². The van der Waals surface area contributed by atoms with Crippen molar-refractivity contribution in [1.82, 2.24) is 19.6 Å². The summed E-state index contributed by atoms with van der Waals surface area (Å²) in [5, 5.41) is 3.03. The smallest absolute Gasteiger partial charge is 0.228 e. The Hall–Kier alpha value is -2.37. The standard InChI is InChI=1S/C20H28N4O2/c1-2-3-5-10-21-20(26)16-8-12-23(13-9-16)19(25)14-17-15-24-11-6-4-7-18(24)22-17/h4,6-7,11,15-16H,2-3,5,8-10,12-14H2,1H3,(H,21,26). The first-order valence-electron chi connectivity index (χ1n) is 9.65. The van der Waals surface area contributed by atoms with Crippen molar-refractivity contribution in [2.75, 3.05) is 19.6 Å². The van der Waals surface area contributed by atoms with Crippen LogP contribution in [-0.4, -0.2) is 45.7 Å². The van der Waals surface area contributed by atoms with Crippen molar-refractivity contribution in [1.29, 1.82) is 0 Å². The third-order valence-corrected chi connectivity index (χ3v) is 5.04. The first kappa shape index (κ1) is 18.4. The summed E-state index contributed by atoms with van der Waals surface area (Å²) >= 11 is 0. The molecule has 0 radical (unpaired) electrons. The molecule has 3 heterocycles. The number of fused-ring (bicyclic) bond motifs is 1. The van der Waals surface area contributed by atoms with Crippen LogP contribution >= 0.6 is 0 Å². The number of hydrogen-bond donors (Lipinski definition) is 1. The second-order valence-corrected chi connectivity index (χ2v) is 7.03. The van der Waals surface area contributed by atoms with Gasteiger partial charge in [0.05, 0.1) is 12.1 Å². The minimum atomic E-state index is 0.0378. The third kappa shape index (κ3) is 4.62. The van der Waals surface area contributed by atoms with Gasteiger partial charge >= 0.3 is 0 Å². The molecule has 0 spiro atoms. The fourth-order valence-corrected chi connectivity index (χ4v) is 3.46. The van der Waals surface area contributed by atoms with Gasteiger partial charge in [-0.15, -0.1) is 0 Å². The first-order valence-corrected chi connectivity index (χ1v) is 9.65. The van der Waals surface area contributed by atoms with Crippen LogP contribution in [0.3, 0.4) is 0 Å². The van der Waals surface area contributed by atoms with Gasteiger partial charge in [0.1, 0.15) is 5.65 Å². The van der Waals surface area contributed by atoms with E-state index in [9.17, 15) is 9.59 Å². The molecule has 0 saturated carbocycles. The van der Waals surface area contributed by atoms with Crippen molar-refractivity contribution in [2.45, 2.75) is 45.4 Å². The number of rotatable bonds is 7. The average Bonchev–Trinajstić information content (AvgIpc) is 3.07. The lowest BCUT2D eigenvalue weighted by Gasteiger charge is -2.31. The number of amides is 2. The Labute approximate surface area is 154 Å². The van der Waals surface area contributed by atoms with E-state index in [1.165, 1.54) is 0 Å². The van der Waals surface area contributed by atoms with Crippen LogP contribution in [0.15, 0.2) is 30.6 Å². The maximum Gasteiger partial charge on any atom is 0.228 e. The molecule has 2 amide bonds. The van der Waals surface area contributed by atoms with E-state index in [0.717, 1.165) is 50.0 Å². The molecule has 140 valence electrons. The van der Waals surface area contributed by atoms with Gasteiger partial charge in [-0.05, 0) is 31.4 Å². The van der Waals surface area contributed by atoms with Crippen LogP contribution in [0.4, 0.5) is 0 Å². The fourth-order valence-electron chi connectivity index (χ4n) is 3.46. The number of piperidine rings is 1. The molecular formula is C20H28N4O2. The van der Waals surface area contributed by atoms with Gasteiger partial charge in [0.2, 0.25) is 11.8 Å². The maximum absolute atomic E-state index is 12.5. The van der Waals surface area contributed by atoms with Gasteiger partial charge in [0.25, 0.3) is 0 Å². The lowest BCUT2D eigenvalue weighted by molar-refractivity contribution is -0.135. The van der Waals surface area contributed by atoms with E-state index in [4.69, 9.17) is 0 Å². The van der Waals surface area contributed by atoms with Crippen LogP contribution in [0.2, 0.25) is 0 Å². The molecule has 6 heteroatoms. The number of likely N-dealkylation sites (tertiary alicyclic amines) is 1. The number of nitrogens with one attached hydrogen (secondary N) is 1. The summed E-state index contributed by atoms with van der Waals surface area (Å²) in [6.45, 7) is 4.22. The Balaban J connectivity index is 1.45. The number of aromatic nitrogens is 2. The van der Waals surface area contributed by atoms with Crippen molar-refractivity contribution in [3.8, 4) is 0 Å². The summed E-state index contributed by atoms with van der Waals surface area (Å²) in [7, 11) is 0. The number of unbranched alkanes of at least 4 members (excludes halogenated alkanes) is 2. The van der Waals surface area contributed by atoms with Crippen molar-refractivity contribution < 1.29 is 9.59 Å². The summed E-state index contributed by atoms with van der Waals surface area (Å²) in [4.78, 5) is 31.1. The SMILES string of the molecule is CCCCCNC(=O)C1CCN(C(=O)Cc2cn3ccccc3n2)CC1. The van der Waals surface area contributed by atoms with Crippen LogP contribution in [0.1, 0.15) is 44.7 Å². The van der Waals surface area contributed by atoms with Crippen molar-refractivity contribution in [2.24, 2.45) is 5.92 Å². The Morgan fingerprint density at radius 3 is 2.77 bits per heavy atom. The molecule has 2 aromatic rings. The number of carbonyl (C=O) groups excluding carboxylic acids is 2. The first-order chi connectivity index (χ1) is 12.7. The summed E-state index contributed by atoms with van der Waals surface area (Å²) in [5.74, 6) is 0.277. The summed E-state index contributed by atoms with van der Waals surface area (Å²) in [5.41, 5.74) is 1.64. The van der Waals surface area contributed by atoms with E-state index in [2.05, 4.69) is 17.2 Å². The molecule has 1 aliphatic rings. The lowest BCUT2D eigenvalue weighted by Crippen LogP contribution is -2.43. The Morgan fingerprint density at radius 1 is 1.23 bits per heavy atom. The second-order valence-electron chi connectivity index (χ2n) is 7.03. The van der Waals surface area contributed by atoms with E-state index in [1.54, 1.807) is 0 Å². The molecule has 1 saturated heterocycles. The normalized spacial score (nSPS) is 15.3. The highest BCUT2D eigenvalue weighted by Crippen LogP contribution is 2.18. The Kier molecular flexibility index (Phi) is 6.26. The molecule has 6 nitrogen and oxygen atoms in total. The summed E-state index contributed by atoms with van der Waals surface area (Å²) < 4.78 is 1.93. The summed E-state index contributed by atoms with van der Waals surface area (Å²) in [6.07, 6.45) is 8.99. The molecule has 0 aromatic carbocycles. The van der Waals surface area contributed by atoms with Crippen LogP contribution in [0.25, 0.3) is 5.65 Å². The van der Waals surface area contributed by atoms with Gasteiger partial charge in [0, 0.05) is 37.9 Å². The number of imidazole rings is 1. The van der Waals surface area contributed by atoms with Gasteiger partial charge in [-0.25, -0.2) is 4.98 Å². The fraction of sp³-hybridized carbons (Fsp3) is 0.550. The molecular weight excluding hydrogens is 328 g/mol. The van der Waals surface area contributed by atoms with Gasteiger partial charge < -0.3 is 14.6 Å². The maximum atomic E-state index is 12.5. The van der Waals surface area contributed by atoms with E-state index >= 15 is 0 Å². The molecule has 1 fully saturated rings. The molecule has 0 atom stereocenters. The Bertz CT molecular complexity index is 714. The van der Waals surface area contributed by atoms with E-state index in [1.807, 2.05) is 39.9 Å². The molecule has 26 heavy (non-hydrogen) atoms. The van der Waals surface area contributed by atoms with Crippen molar-refractivity contribution in [3.63, 3.8) is 0 Å². The molecule has 0 aliphatic carbocycles. The molecule has 1 aliphatic heterocycles. The second kappa shape index (κ2) is 8.83. The molecule has 0 unspecified atom stereocenters. The van der Waals surface area contributed by atoms with Crippen LogP contribution in [0, 0.1) is 5.92 Å². The van der Waals surface area contributed by atoms with Gasteiger partial charge in [-0.3, -0.25) is 9.59 Å². The predicted molar refractivity (Wildman–Crippen MR) is 101 cm³/mol. The van der Waals surface area contributed by atoms with Crippen molar-refractivity contribution >= 4 is 17.5 Å². The Morgan fingerprint density at radius 2 is 2.04 bits per heavy atom. The molecule has 2 aromatic heterocycles. The van der Waals surface area contributed by atoms with Gasteiger partial charge in [-0.1, -0.05) is 25.8 Å². The van der Waals surface area contributed by atoms with Gasteiger partial charge in [-0.2, -0.15) is 0 Å². The average molecular weight is 356 g/mol. The predicted octanol–water partition coefficient (Wildman–Crippen LogP) is 2.42. The molecule has 3 rings (SSSR count). The van der Waals surface area contributed by atoms with E-state index in [-0.39, 0.29) is 17.7 Å². The lowest BCUT2D eigenvalue weighted by atomic mass is 9.95. The third-order valence-electron chi connectivity index (χ3n) is 5.04.